The lowest BCUT2D eigenvalue weighted by Crippen LogP contribution is -2.41. The third kappa shape index (κ3) is 8.48. The quantitative estimate of drug-likeness (QED) is 0.378. The molecule has 0 bridgehead atoms. The van der Waals surface area contributed by atoms with Crippen LogP contribution in [-0.2, 0) is 11.3 Å². The van der Waals surface area contributed by atoms with E-state index in [9.17, 15) is 4.79 Å². The van der Waals surface area contributed by atoms with Gasteiger partial charge in [-0.2, -0.15) is 0 Å². The fraction of sp³-hybridized carbons (Fsp3) is 0.714. The number of unbranched alkanes of at least 4 members (excludes halogenated alkanes) is 3. The summed E-state index contributed by atoms with van der Waals surface area (Å²) in [6.45, 7) is 20.4. The summed E-state index contributed by atoms with van der Waals surface area (Å²) in [6, 6.07) is 4.16. The third-order valence-electron chi connectivity index (χ3n) is 5.81. The van der Waals surface area contributed by atoms with Gasteiger partial charge >= 0.3 is 6.09 Å². The molecule has 0 atom stereocenters. The minimum Gasteiger partial charge on any atom is -0.444 e. The van der Waals surface area contributed by atoms with Crippen molar-refractivity contribution in [2.75, 3.05) is 13.1 Å². The molecule has 1 amide bonds. The molecule has 0 aliphatic carbocycles. The van der Waals surface area contributed by atoms with Crippen LogP contribution in [0.15, 0.2) is 12.1 Å². The van der Waals surface area contributed by atoms with E-state index in [0.717, 1.165) is 47.7 Å². The van der Waals surface area contributed by atoms with E-state index in [4.69, 9.17) is 21.3 Å². The first-order valence-electron chi connectivity index (χ1n) is 13.3. The molecule has 2 heterocycles. The first kappa shape index (κ1) is 30.3. The van der Waals surface area contributed by atoms with Gasteiger partial charge in [-0.1, -0.05) is 65.5 Å². The zero-order valence-corrected chi connectivity index (χ0v) is 23.9. The highest BCUT2D eigenvalue weighted by Crippen LogP contribution is 2.33. The van der Waals surface area contributed by atoms with Gasteiger partial charge in [-0.3, -0.25) is 0 Å². The van der Waals surface area contributed by atoms with Gasteiger partial charge < -0.3 is 14.2 Å². The number of hydrogen-bond donors (Lipinski definition) is 0. The lowest BCUT2D eigenvalue weighted by atomic mass is 9.96. The van der Waals surface area contributed by atoms with Crippen LogP contribution in [0.25, 0.3) is 11.0 Å². The van der Waals surface area contributed by atoms with Crippen molar-refractivity contribution in [1.29, 1.82) is 0 Å². The second-order valence-corrected chi connectivity index (χ2v) is 9.92. The maximum absolute atomic E-state index is 12.4. The molecule has 1 aromatic carbocycles. The molecule has 1 saturated heterocycles. The number of benzene rings is 1. The van der Waals surface area contributed by atoms with E-state index in [1.54, 1.807) is 0 Å². The average molecular weight is 494 g/mol. The zero-order chi connectivity index (χ0) is 25.9. The Labute approximate surface area is 213 Å². The number of piperidine rings is 1. The number of aromatic nitrogens is 2. The Morgan fingerprint density at radius 1 is 1.09 bits per heavy atom. The molecule has 194 valence electrons. The molecule has 3 rings (SSSR count). The smallest absolute Gasteiger partial charge is 0.410 e. The zero-order valence-electron chi connectivity index (χ0n) is 23.1. The van der Waals surface area contributed by atoms with Crippen LogP contribution < -0.4 is 0 Å². The summed E-state index contributed by atoms with van der Waals surface area (Å²) in [5.41, 5.74) is 2.78. The molecule has 5 nitrogen and oxygen atoms in total. The van der Waals surface area contributed by atoms with Gasteiger partial charge in [0.2, 0.25) is 0 Å². The van der Waals surface area contributed by atoms with Crippen molar-refractivity contribution in [1.82, 2.24) is 14.5 Å². The van der Waals surface area contributed by atoms with Gasteiger partial charge in [0.05, 0.1) is 11.0 Å². The Morgan fingerprint density at radius 2 is 1.71 bits per heavy atom. The summed E-state index contributed by atoms with van der Waals surface area (Å²) in [5, 5.41) is 0.768. The fourth-order valence-corrected chi connectivity index (χ4v) is 4.32. The molecular weight excluding hydrogens is 446 g/mol. The molecule has 0 unspecified atom stereocenters. The van der Waals surface area contributed by atoms with Crippen LogP contribution in [0.2, 0.25) is 5.02 Å². The number of fused-ring (bicyclic) bond motifs is 1. The molecule has 0 radical (unpaired) electrons. The van der Waals surface area contributed by atoms with Gasteiger partial charge in [-0.15, -0.1) is 0 Å². The van der Waals surface area contributed by atoms with E-state index in [0.29, 0.717) is 19.0 Å². The second kappa shape index (κ2) is 14.6. The Hall–Kier alpha value is -1.75. The van der Waals surface area contributed by atoms with E-state index >= 15 is 0 Å². The summed E-state index contributed by atoms with van der Waals surface area (Å²) in [6.07, 6.45) is 6.49. The lowest BCUT2D eigenvalue weighted by Gasteiger charge is -2.33. The van der Waals surface area contributed by atoms with Crippen LogP contribution in [0.1, 0.15) is 111 Å². The molecule has 1 aliphatic heterocycles. The van der Waals surface area contributed by atoms with Crippen molar-refractivity contribution in [2.45, 2.75) is 119 Å². The van der Waals surface area contributed by atoms with Gasteiger partial charge in [-0.05, 0) is 64.7 Å². The van der Waals surface area contributed by atoms with E-state index < -0.39 is 5.60 Å². The maximum Gasteiger partial charge on any atom is 0.410 e. The first-order valence-corrected chi connectivity index (χ1v) is 13.7. The highest BCUT2D eigenvalue weighted by molar-refractivity contribution is 6.32. The highest BCUT2D eigenvalue weighted by Gasteiger charge is 2.30. The van der Waals surface area contributed by atoms with Crippen molar-refractivity contribution in [2.24, 2.45) is 0 Å². The van der Waals surface area contributed by atoms with E-state index in [-0.39, 0.29) is 6.09 Å². The number of ether oxygens (including phenoxy) is 1. The van der Waals surface area contributed by atoms with Crippen LogP contribution in [0.4, 0.5) is 4.79 Å². The fourth-order valence-electron chi connectivity index (χ4n) is 4.16. The number of rotatable bonds is 6. The number of carbonyl (C=O) groups is 1. The van der Waals surface area contributed by atoms with Crippen LogP contribution in [0.5, 0.6) is 0 Å². The molecule has 0 spiro atoms. The minimum atomic E-state index is -0.461. The summed E-state index contributed by atoms with van der Waals surface area (Å²) in [4.78, 5) is 19.3. The summed E-state index contributed by atoms with van der Waals surface area (Å²) < 4.78 is 7.95. The monoisotopic (exact) mass is 493 g/mol. The second-order valence-electron chi connectivity index (χ2n) is 9.51. The van der Waals surface area contributed by atoms with Gasteiger partial charge in [0.1, 0.15) is 11.4 Å². The highest BCUT2D eigenvalue weighted by atomic mass is 35.5. The van der Waals surface area contributed by atoms with Gasteiger partial charge in [-0.25, -0.2) is 9.78 Å². The number of imidazole rings is 1. The van der Waals surface area contributed by atoms with Crippen molar-refractivity contribution in [3.05, 3.63) is 28.5 Å². The predicted octanol–water partition coefficient (Wildman–Crippen LogP) is 8.75. The number of halogens is 1. The molecule has 1 aliphatic rings. The third-order valence-corrected chi connectivity index (χ3v) is 6.21. The number of carbonyl (C=O) groups excluding carboxylic acids is 1. The molecule has 6 heteroatoms. The Balaban J connectivity index is 0.00000137. The lowest BCUT2D eigenvalue weighted by molar-refractivity contribution is 0.0202. The minimum absolute atomic E-state index is 0.212. The van der Waals surface area contributed by atoms with E-state index in [2.05, 4.69) is 24.5 Å². The molecule has 2 aromatic rings. The van der Waals surface area contributed by atoms with E-state index in [1.165, 1.54) is 24.8 Å². The van der Waals surface area contributed by atoms with Crippen molar-refractivity contribution >= 4 is 28.7 Å². The molecule has 0 N–H and O–H groups in total. The summed E-state index contributed by atoms with van der Waals surface area (Å²) in [7, 11) is 0. The number of likely N-dealkylation sites (tertiary alicyclic amines) is 1. The number of aryl methyl sites for hydroxylation is 2. The van der Waals surface area contributed by atoms with E-state index in [1.807, 2.05) is 59.4 Å². The summed E-state index contributed by atoms with van der Waals surface area (Å²) in [5.74, 6) is 1.49. The summed E-state index contributed by atoms with van der Waals surface area (Å²) >= 11 is 6.38. The predicted molar refractivity (Wildman–Crippen MR) is 146 cm³/mol. The Bertz CT molecular complexity index is 878. The van der Waals surface area contributed by atoms with Crippen LogP contribution in [0, 0.1) is 6.92 Å². The first-order chi connectivity index (χ1) is 16.2. The maximum atomic E-state index is 12.4. The largest absolute Gasteiger partial charge is 0.444 e. The SMILES string of the molecule is CC.CC.CCCCCCn1c(C2CCN(C(=O)OC(C)(C)C)CC2)nc2cc(Cl)c(C)cc21. The average Bonchev–Trinajstić information content (AvgIpc) is 3.16. The van der Waals surface area contributed by atoms with Crippen molar-refractivity contribution in [3.63, 3.8) is 0 Å². The van der Waals surface area contributed by atoms with Crippen LogP contribution in [0.3, 0.4) is 0 Å². The van der Waals surface area contributed by atoms with Crippen molar-refractivity contribution < 1.29 is 9.53 Å². The van der Waals surface area contributed by atoms with Crippen LogP contribution >= 0.6 is 11.6 Å². The van der Waals surface area contributed by atoms with Crippen molar-refractivity contribution in [3.8, 4) is 0 Å². The van der Waals surface area contributed by atoms with Gasteiger partial charge in [0.15, 0.2) is 0 Å². The topological polar surface area (TPSA) is 47.4 Å². The molecule has 34 heavy (non-hydrogen) atoms. The van der Waals surface area contributed by atoms with Gasteiger partial charge in [0, 0.05) is 30.6 Å². The number of amides is 1. The number of nitrogens with zero attached hydrogens (tertiary/aromatic N) is 3. The van der Waals surface area contributed by atoms with Gasteiger partial charge in [0.25, 0.3) is 0 Å². The molecule has 1 fully saturated rings. The molecule has 1 aromatic heterocycles. The molecule has 0 saturated carbocycles. The Kier molecular flexibility index (Phi) is 13.0. The number of hydrogen-bond acceptors (Lipinski definition) is 3. The Morgan fingerprint density at radius 3 is 2.26 bits per heavy atom. The normalized spacial score (nSPS) is 14.2. The molecular formula is C28H48ClN3O2. The standard InChI is InChI=1S/C24H36ClN3O2.2C2H6/c1-6-7-8-9-12-28-21-15-17(2)19(25)16-20(21)26-22(28)18-10-13-27(14-11-18)23(29)30-24(3,4)5;2*1-2/h15-16,18H,6-14H2,1-5H3;2*1-2H3. The van der Waals surface area contributed by atoms with Crippen LogP contribution in [-0.4, -0.2) is 39.2 Å².